The number of nitrogens with one attached hydrogen (secondary N) is 1. The molecule has 0 radical (unpaired) electrons. The number of sulfonamides is 1. The van der Waals surface area contributed by atoms with Crippen molar-refractivity contribution in [1.29, 1.82) is 0 Å². The number of aromatic nitrogens is 3. The van der Waals surface area contributed by atoms with Gasteiger partial charge in [0.15, 0.2) is 5.03 Å². The van der Waals surface area contributed by atoms with Gasteiger partial charge in [0, 0.05) is 19.4 Å². The van der Waals surface area contributed by atoms with Gasteiger partial charge in [0.1, 0.15) is 5.56 Å². The van der Waals surface area contributed by atoms with E-state index in [0.717, 1.165) is 10.5 Å². The van der Waals surface area contributed by atoms with Crippen molar-refractivity contribution < 1.29 is 17.9 Å². The number of pyridine rings is 1. The number of nitrogens with zero attached hydrogens (tertiary/aromatic N) is 3. The Hall–Kier alpha value is -2.42. The number of carbonyl (C=O) groups is 1. The largest absolute Gasteiger partial charge is 0.462 e. The minimum absolute atomic E-state index is 0.127. The lowest BCUT2D eigenvalue weighted by Crippen LogP contribution is -2.28. The molecule has 2 rings (SSSR count). The maximum Gasteiger partial charge on any atom is 0.342 e. The van der Waals surface area contributed by atoms with Crippen LogP contribution in [0.2, 0.25) is 0 Å². The molecule has 0 spiro atoms. The molecule has 0 saturated carbocycles. The summed E-state index contributed by atoms with van der Waals surface area (Å²) in [5.74, 6) is -0.743. The van der Waals surface area contributed by atoms with Crippen LogP contribution in [0.5, 0.6) is 0 Å². The van der Waals surface area contributed by atoms with E-state index in [9.17, 15) is 13.2 Å². The fraction of sp³-hybridized carbons (Fsp3) is 0.250. The average Bonchev–Trinajstić information content (AvgIpc) is 2.98. The van der Waals surface area contributed by atoms with Crippen LogP contribution in [0.25, 0.3) is 0 Å². The number of rotatable bonds is 5. The van der Waals surface area contributed by atoms with E-state index in [0.29, 0.717) is 5.69 Å². The first-order valence-corrected chi connectivity index (χ1v) is 7.52. The summed E-state index contributed by atoms with van der Waals surface area (Å²) in [4.78, 5) is 15.6. The summed E-state index contributed by atoms with van der Waals surface area (Å²) in [7, 11) is -2.58. The highest BCUT2D eigenvalue weighted by molar-refractivity contribution is 7.92. The van der Waals surface area contributed by atoms with E-state index in [1.807, 2.05) is 0 Å². The molecule has 0 fully saturated rings. The van der Waals surface area contributed by atoms with Crippen LogP contribution in [0.3, 0.4) is 0 Å². The topological polar surface area (TPSA) is 105 Å². The standard InChI is InChI=1S/C12H14N4O4S/c1-3-20-12(17)10-8-14-15-11(10)21(18,19)16(2)9-4-6-13-7-5-9/h4-8H,3H2,1-2H3,(H,14,15). The smallest absolute Gasteiger partial charge is 0.342 e. The van der Waals surface area contributed by atoms with Crippen LogP contribution in [0.4, 0.5) is 5.69 Å². The molecule has 2 aromatic heterocycles. The number of carbonyl (C=O) groups excluding carboxylic acids is 1. The Bertz CT molecular complexity index is 727. The zero-order valence-electron chi connectivity index (χ0n) is 11.5. The Morgan fingerprint density at radius 3 is 2.67 bits per heavy atom. The van der Waals surface area contributed by atoms with Crippen molar-refractivity contribution in [1.82, 2.24) is 15.2 Å². The number of esters is 1. The van der Waals surface area contributed by atoms with Crippen LogP contribution in [0.15, 0.2) is 35.7 Å². The molecule has 0 atom stereocenters. The quantitative estimate of drug-likeness (QED) is 0.819. The molecule has 8 nitrogen and oxygen atoms in total. The molecule has 0 bridgehead atoms. The average molecular weight is 310 g/mol. The first-order valence-electron chi connectivity index (χ1n) is 6.08. The number of H-pyrrole nitrogens is 1. The molecule has 0 saturated heterocycles. The Kier molecular flexibility index (Phi) is 4.22. The minimum atomic E-state index is -3.96. The lowest BCUT2D eigenvalue weighted by molar-refractivity contribution is 0.0522. The molecule has 1 N–H and O–H groups in total. The number of ether oxygens (including phenoxy) is 1. The van der Waals surface area contributed by atoms with Crippen molar-refractivity contribution >= 4 is 21.7 Å². The molecule has 21 heavy (non-hydrogen) atoms. The number of hydrogen-bond acceptors (Lipinski definition) is 6. The minimum Gasteiger partial charge on any atom is -0.462 e. The van der Waals surface area contributed by atoms with Gasteiger partial charge in [0.25, 0.3) is 10.0 Å². The van der Waals surface area contributed by atoms with Gasteiger partial charge in [-0.25, -0.2) is 4.79 Å². The predicted molar refractivity (Wildman–Crippen MR) is 74.4 cm³/mol. The van der Waals surface area contributed by atoms with Crippen molar-refractivity contribution in [3.63, 3.8) is 0 Å². The highest BCUT2D eigenvalue weighted by atomic mass is 32.2. The summed E-state index contributed by atoms with van der Waals surface area (Å²) in [6.07, 6.45) is 4.08. The van der Waals surface area contributed by atoms with Gasteiger partial charge in [-0.15, -0.1) is 0 Å². The summed E-state index contributed by atoms with van der Waals surface area (Å²) in [6.45, 7) is 1.78. The van der Waals surface area contributed by atoms with Gasteiger partial charge < -0.3 is 4.74 Å². The molecule has 0 amide bonds. The van der Waals surface area contributed by atoms with Crippen LogP contribution in [0, 0.1) is 0 Å². The summed E-state index contributed by atoms with van der Waals surface area (Å²) < 4.78 is 30.9. The summed E-state index contributed by atoms with van der Waals surface area (Å²) in [6, 6.07) is 3.08. The zero-order chi connectivity index (χ0) is 15.5. The van der Waals surface area contributed by atoms with Crippen LogP contribution in [-0.4, -0.2) is 43.2 Å². The Balaban J connectivity index is 2.41. The van der Waals surface area contributed by atoms with E-state index < -0.39 is 16.0 Å². The molecule has 0 unspecified atom stereocenters. The zero-order valence-corrected chi connectivity index (χ0v) is 12.3. The van der Waals surface area contributed by atoms with E-state index >= 15 is 0 Å². The first kappa shape index (κ1) is 15.0. The van der Waals surface area contributed by atoms with Crippen molar-refractivity contribution in [2.45, 2.75) is 11.9 Å². The highest BCUT2D eigenvalue weighted by Crippen LogP contribution is 2.22. The van der Waals surface area contributed by atoms with E-state index in [-0.39, 0.29) is 17.2 Å². The Labute approximate surface area is 121 Å². The normalized spacial score (nSPS) is 11.1. The van der Waals surface area contributed by atoms with Gasteiger partial charge >= 0.3 is 5.97 Å². The monoisotopic (exact) mass is 310 g/mol. The maximum atomic E-state index is 12.5. The van der Waals surface area contributed by atoms with Gasteiger partial charge in [-0.3, -0.25) is 14.4 Å². The van der Waals surface area contributed by atoms with Gasteiger partial charge in [0.2, 0.25) is 0 Å². The van der Waals surface area contributed by atoms with Gasteiger partial charge in [-0.05, 0) is 19.1 Å². The third-order valence-electron chi connectivity index (χ3n) is 2.74. The van der Waals surface area contributed by atoms with Crippen molar-refractivity contribution in [2.24, 2.45) is 0 Å². The summed E-state index contributed by atoms with van der Waals surface area (Å²) in [5.41, 5.74) is 0.284. The van der Waals surface area contributed by atoms with Gasteiger partial charge in [0.05, 0.1) is 18.5 Å². The fourth-order valence-corrected chi connectivity index (χ4v) is 2.91. The Morgan fingerprint density at radius 2 is 2.05 bits per heavy atom. The molecule has 9 heteroatoms. The second-order valence-electron chi connectivity index (χ2n) is 4.01. The van der Waals surface area contributed by atoms with E-state index in [1.54, 1.807) is 6.92 Å². The van der Waals surface area contributed by atoms with Crippen molar-refractivity contribution in [3.8, 4) is 0 Å². The van der Waals surface area contributed by atoms with Crippen molar-refractivity contribution in [2.75, 3.05) is 18.0 Å². The number of aromatic amines is 1. The second-order valence-corrected chi connectivity index (χ2v) is 5.92. The second kappa shape index (κ2) is 5.92. The van der Waals surface area contributed by atoms with E-state index in [4.69, 9.17) is 4.74 Å². The molecule has 0 aliphatic heterocycles. The van der Waals surface area contributed by atoms with Crippen LogP contribution < -0.4 is 4.31 Å². The summed E-state index contributed by atoms with van der Waals surface area (Å²) in [5, 5.41) is 5.66. The molecule has 2 aromatic rings. The maximum absolute atomic E-state index is 12.5. The third kappa shape index (κ3) is 2.87. The van der Waals surface area contributed by atoms with E-state index in [1.165, 1.54) is 31.6 Å². The molecule has 112 valence electrons. The Morgan fingerprint density at radius 1 is 1.38 bits per heavy atom. The lowest BCUT2D eigenvalue weighted by Gasteiger charge is -2.18. The molecule has 0 aliphatic carbocycles. The molecule has 2 heterocycles. The van der Waals surface area contributed by atoms with Crippen LogP contribution >= 0.6 is 0 Å². The van der Waals surface area contributed by atoms with Gasteiger partial charge in [-0.2, -0.15) is 13.5 Å². The number of hydrogen-bond donors (Lipinski definition) is 1. The van der Waals surface area contributed by atoms with E-state index in [2.05, 4.69) is 15.2 Å². The van der Waals surface area contributed by atoms with Crippen molar-refractivity contribution in [3.05, 3.63) is 36.3 Å². The van der Waals surface area contributed by atoms with Gasteiger partial charge in [-0.1, -0.05) is 0 Å². The predicted octanol–water partition coefficient (Wildman–Crippen LogP) is 0.806. The molecular weight excluding hydrogens is 296 g/mol. The summed E-state index contributed by atoms with van der Waals surface area (Å²) >= 11 is 0. The lowest BCUT2D eigenvalue weighted by atomic mass is 10.4. The SMILES string of the molecule is CCOC(=O)c1cn[nH]c1S(=O)(=O)N(C)c1ccncc1. The van der Waals surface area contributed by atoms with Crippen LogP contribution in [0.1, 0.15) is 17.3 Å². The highest BCUT2D eigenvalue weighted by Gasteiger charge is 2.29. The third-order valence-corrected chi connectivity index (χ3v) is 4.50. The number of anilines is 1. The molecular formula is C12H14N4O4S. The first-order chi connectivity index (χ1) is 9.98. The van der Waals surface area contributed by atoms with Crippen LogP contribution in [-0.2, 0) is 14.8 Å². The molecule has 0 aromatic carbocycles. The molecule has 0 aliphatic rings. The fourth-order valence-electron chi connectivity index (χ4n) is 1.65.